The quantitative estimate of drug-likeness (QED) is 0.475. The zero-order valence-corrected chi connectivity index (χ0v) is 19.5. The average molecular weight is 529 g/mol. The molecule has 1 amide bonds. The minimum absolute atomic E-state index is 0.0252. The van der Waals surface area contributed by atoms with Crippen molar-refractivity contribution in [2.75, 3.05) is 23.3 Å². The van der Waals surface area contributed by atoms with E-state index in [2.05, 4.69) is 10.3 Å². The summed E-state index contributed by atoms with van der Waals surface area (Å²) in [7, 11) is -4.06. The maximum Gasteiger partial charge on any atom is 0.416 e. The Bertz CT molecular complexity index is 1430. The van der Waals surface area contributed by atoms with Gasteiger partial charge in [0.25, 0.3) is 5.91 Å². The minimum Gasteiger partial charge on any atom is -0.356 e. The monoisotopic (exact) mass is 528 g/mol. The number of amides is 1. The molecule has 1 saturated heterocycles. The van der Waals surface area contributed by atoms with Crippen molar-refractivity contribution >= 4 is 38.3 Å². The highest BCUT2D eigenvalue weighted by Gasteiger charge is 2.34. The number of sulfonamides is 1. The van der Waals surface area contributed by atoms with Crippen LogP contribution in [0.1, 0.15) is 35.2 Å². The fraction of sp³-hybridized carbons (Fsp3) is 0.304. The Balaban J connectivity index is 1.79. The Morgan fingerprint density at radius 2 is 1.81 bits per heavy atom. The van der Waals surface area contributed by atoms with E-state index in [0.29, 0.717) is 0 Å². The van der Waals surface area contributed by atoms with Gasteiger partial charge >= 0.3 is 6.18 Å². The van der Waals surface area contributed by atoms with Crippen molar-refractivity contribution in [2.24, 2.45) is 5.14 Å². The van der Waals surface area contributed by atoms with Crippen LogP contribution in [0.15, 0.2) is 53.4 Å². The first-order valence-electron chi connectivity index (χ1n) is 10.8. The number of nitrogens with one attached hydrogen (secondary N) is 1. The van der Waals surface area contributed by atoms with Crippen molar-refractivity contribution in [3.05, 3.63) is 59.7 Å². The molecule has 3 aromatic rings. The molecule has 4 rings (SSSR count). The number of carbonyl (C=O) groups is 1. The van der Waals surface area contributed by atoms with Crippen LogP contribution < -0.4 is 15.4 Å². The normalized spacial score (nSPS) is 16.6. The lowest BCUT2D eigenvalue weighted by Crippen LogP contribution is -2.29. The first-order valence-corrected chi connectivity index (χ1v) is 12.4. The summed E-state index contributed by atoms with van der Waals surface area (Å²) >= 11 is 0. The fourth-order valence-electron chi connectivity index (χ4n) is 3.98. The smallest absolute Gasteiger partial charge is 0.356 e. The minimum atomic E-state index is -4.63. The molecule has 0 saturated carbocycles. The number of halogens is 5. The topological polar surface area (TPSA) is 105 Å². The number of fused-ring (bicyclic) bond motifs is 1. The predicted molar refractivity (Wildman–Crippen MR) is 124 cm³/mol. The van der Waals surface area contributed by atoms with E-state index < -0.39 is 40.0 Å². The van der Waals surface area contributed by atoms with Gasteiger partial charge in [0, 0.05) is 37.0 Å². The molecule has 0 aliphatic carbocycles. The number of hydrogen-bond donors (Lipinski definition) is 2. The Morgan fingerprint density at radius 1 is 1.06 bits per heavy atom. The van der Waals surface area contributed by atoms with Gasteiger partial charge in [0.2, 0.25) is 15.9 Å². The second-order valence-electron chi connectivity index (χ2n) is 8.49. The molecule has 0 bridgehead atoms. The SMILES string of the molecule is NS(=O)(=O)c1cccc(NC(=O)c2cc3cc(C(F)(F)F)ccc3nc2N2CCCC(F)(F)CC2)c1. The number of benzene rings is 2. The molecule has 1 aliphatic rings. The van der Waals surface area contributed by atoms with E-state index >= 15 is 0 Å². The van der Waals surface area contributed by atoms with E-state index in [0.717, 1.165) is 24.3 Å². The zero-order chi connectivity index (χ0) is 26.3. The van der Waals surface area contributed by atoms with Crippen molar-refractivity contribution < 1.29 is 35.2 Å². The van der Waals surface area contributed by atoms with E-state index in [4.69, 9.17) is 5.14 Å². The predicted octanol–water partition coefficient (Wildman–Crippen LogP) is 4.78. The van der Waals surface area contributed by atoms with Crippen molar-refractivity contribution in [2.45, 2.75) is 36.3 Å². The number of aromatic nitrogens is 1. The standard InChI is InChI=1S/C23H21F5N4O3S/c24-22(25)7-2-9-32(10-8-22)20-18(12-14-11-15(23(26,27)28)5-6-19(14)31-20)21(33)30-16-3-1-4-17(13-16)36(29,34)35/h1,3-6,11-13H,2,7-10H2,(H,30,33)(H2,29,34,35). The Morgan fingerprint density at radius 3 is 2.50 bits per heavy atom. The molecule has 1 aliphatic heterocycles. The van der Waals surface area contributed by atoms with Gasteiger partial charge in [-0.05, 0) is 48.9 Å². The van der Waals surface area contributed by atoms with Crippen LogP contribution in [0.3, 0.4) is 0 Å². The van der Waals surface area contributed by atoms with Gasteiger partial charge in [0.1, 0.15) is 5.82 Å². The van der Waals surface area contributed by atoms with Gasteiger partial charge in [-0.1, -0.05) is 6.07 Å². The van der Waals surface area contributed by atoms with Crippen LogP contribution >= 0.6 is 0 Å². The van der Waals surface area contributed by atoms with E-state index in [1.54, 1.807) is 0 Å². The van der Waals surface area contributed by atoms with Gasteiger partial charge in [-0.3, -0.25) is 4.79 Å². The van der Waals surface area contributed by atoms with Gasteiger partial charge < -0.3 is 10.2 Å². The molecule has 3 N–H and O–H groups in total. The molecule has 2 aromatic carbocycles. The number of hydrogen-bond acceptors (Lipinski definition) is 5. The largest absolute Gasteiger partial charge is 0.416 e. The number of primary sulfonamides is 1. The summed E-state index contributed by atoms with van der Waals surface area (Å²) in [4.78, 5) is 18.9. The molecular formula is C23H21F5N4O3S. The van der Waals surface area contributed by atoms with Gasteiger partial charge in [-0.15, -0.1) is 0 Å². The summed E-state index contributed by atoms with van der Waals surface area (Å²) in [6.45, 7) is 0.0449. The van der Waals surface area contributed by atoms with Crippen LogP contribution in [-0.4, -0.2) is 38.3 Å². The fourth-order valence-corrected chi connectivity index (χ4v) is 4.54. The molecule has 7 nitrogen and oxygen atoms in total. The second kappa shape index (κ2) is 9.28. The van der Waals surface area contributed by atoms with Crippen molar-refractivity contribution in [3.63, 3.8) is 0 Å². The van der Waals surface area contributed by atoms with Gasteiger partial charge in [-0.25, -0.2) is 27.3 Å². The number of pyridine rings is 1. The van der Waals surface area contributed by atoms with E-state index in [9.17, 15) is 35.2 Å². The van der Waals surface area contributed by atoms with Crippen LogP contribution in [0.4, 0.5) is 33.5 Å². The van der Waals surface area contributed by atoms with Gasteiger partial charge in [0.05, 0.1) is 21.5 Å². The van der Waals surface area contributed by atoms with Crippen LogP contribution in [0.25, 0.3) is 10.9 Å². The highest BCUT2D eigenvalue weighted by molar-refractivity contribution is 7.89. The summed E-state index contributed by atoms with van der Waals surface area (Å²) in [5.41, 5.74) is -0.870. The van der Waals surface area contributed by atoms with Gasteiger partial charge in [0.15, 0.2) is 0 Å². The number of carbonyl (C=O) groups excluding carboxylic acids is 1. The van der Waals surface area contributed by atoms with Crippen LogP contribution in [0, 0.1) is 0 Å². The highest BCUT2D eigenvalue weighted by Crippen LogP contribution is 2.35. The maximum absolute atomic E-state index is 14.0. The Kier molecular flexibility index (Phi) is 6.64. The molecule has 13 heteroatoms. The Labute approximate surface area is 203 Å². The third-order valence-corrected chi connectivity index (χ3v) is 6.72. The molecular weight excluding hydrogens is 507 g/mol. The summed E-state index contributed by atoms with van der Waals surface area (Å²) in [6, 6.07) is 9.17. The lowest BCUT2D eigenvalue weighted by atomic mass is 10.1. The first kappa shape index (κ1) is 25.8. The number of alkyl halides is 5. The molecule has 0 atom stereocenters. The number of nitrogens with zero attached hydrogens (tertiary/aromatic N) is 2. The molecule has 36 heavy (non-hydrogen) atoms. The number of rotatable bonds is 4. The summed E-state index contributed by atoms with van der Waals surface area (Å²) in [6.07, 6.45) is -5.32. The number of anilines is 2. The van der Waals surface area contributed by atoms with Crippen molar-refractivity contribution in [1.82, 2.24) is 4.98 Å². The third kappa shape index (κ3) is 5.73. The average Bonchev–Trinajstić information content (AvgIpc) is 2.97. The molecule has 2 heterocycles. The molecule has 192 valence electrons. The summed E-state index contributed by atoms with van der Waals surface area (Å²) in [5, 5.41) is 7.65. The highest BCUT2D eigenvalue weighted by atomic mass is 32.2. The van der Waals surface area contributed by atoms with Crippen molar-refractivity contribution in [3.8, 4) is 0 Å². The third-order valence-electron chi connectivity index (χ3n) is 5.80. The van der Waals surface area contributed by atoms with E-state index in [1.165, 1.54) is 29.2 Å². The molecule has 1 fully saturated rings. The van der Waals surface area contributed by atoms with E-state index in [1.807, 2.05) is 0 Å². The first-order chi connectivity index (χ1) is 16.7. The van der Waals surface area contributed by atoms with Crippen molar-refractivity contribution in [1.29, 1.82) is 0 Å². The lowest BCUT2D eigenvalue weighted by molar-refractivity contribution is -0.137. The summed E-state index contributed by atoms with van der Waals surface area (Å²) in [5.74, 6) is -3.65. The van der Waals surface area contributed by atoms with Crippen LogP contribution in [-0.2, 0) is 16.2 Å². The second-order valence-corrected chi connectivity index (χ2v) is 10.0. The zero-order valence-electron chi connectivity index (χ0n) is 18.6. The van der Waals surface area contributed by atoms with Crippen LogP contribution in [0.5, 0.6) is 0 Å². The maximum atomic E-state index is 14.0. The molecule has 1 aromatic heterocycles. The molecule has 0 radical (unpaired) electrons. The van der Waals surface area contributed by atoms with Crippen LogP contribution in [0.2, 0.25) is 0 Å². The molecule has 0 unspecified atom stereocenters. The molecule has 0 spiro atoms. The Hall–Kier alpha value is -3.32. The number of nitrogens with two attached hydrogens (primary N) is 1. The lowest BCUT2D eigenvalue weighted by Gasteiger charge is -2.24. The van der Waals surface area contributed by atoms with Gasteiger partial charge in [-0.2, -0.15) is 13.2 Å². The van der Waals surface area contributed by atoms with E-state index in [-0.39, 0.29) is 58.8 Å². The summed E-state index contributed by atoms with van der Waals surface area (Å²) < 4.78 is 90.9.